The topological polar surface area (TPSA) is 42.0 Å². The van der Waals surface area contributed by atoms with Crippen LogP contribution in [0.2, 0.25) is 5.02 Å². The van der Waals surface area contributed by atoms with Gasteiger partial charge in [0.05, 0.1) is 22.2 Å². The summed E-state index contributed by atoms with van der Waals surface area (Å²) in [5.74, 6) is 0.971. The predicted octanol–water partition coefficient (Wildman–Crippen LogP) is 7.16. The Bertz CT molecular complexity index is 1300. The first-order valence-electron chi connectivity index (χ1n) is 10.6. The summed E-state index contributed by atoms with van der Waals surface area (Å²) in [6, 6.07) is 18.9. The number of halogens is 2. The average Bonchev–Trinajstić information content (AvgIpc) is 3.11. The highest BCUT2D eigenvalue weighted by Gasteiger charge is 2.33. The van der Waals surface area contributed by atoms with Gasteiger partial charge in [0.25, 0.3) is 5.91 Å². The van der Waals surface area contributed by atoms with Crippen LogP contribution in [0.15, 0.2) is 70.0 Å². The molecule has 5 nitrogen and oxygen atoms in total. The molecule has 0 aliphatic carbocycles. The normalized spacial score (nSPS) is 14.5. The lowest BCUT2D eigenvalue weighted by atomic mass is 10.1. The maximum atomic E-state index is 13.2. The third kappa shape index (κ3) is 5.83. The van der Waals surface area contributed by atoms with Crippen molar-refractivity contribution in [1.82, 2.24) is 0 Å². The number of hydrogen-bond donors (Lipinski definition) is 0. The van der Waals surface area contributed by atoms with Crippen molar-refractivity contribution in [3.63, 3.8) is 0 Å². The minimum absolute atomic E-state index is 0.157. The third-order valence-electron chi connectivity index (χ3n) is 5.26. The Morgan fingerprint density at radius 1 is 1.11 bits per heavy atom. The van der Waals surface area contributed by atoms with Crippen LogP contribution in [-0.2, 0) is 11.4 Å². The summed E-state index contributed by atoms with van der Waals surface area (Å²) in [7, 11) is 5.52. The highest BCUT2D eigenvalue weighted by Crippen LogP contribution is 2.40. The monoisotopic (exact) mass is 588 g/mol. The van der Waals surface area contributed by atoms with Crippen LogP contribution >= 0.6 is 51.5 Å². The van der Waals surface area contributed by atoms with Gasteiger partial charge in [-0.3, -0.25) is 9.69 Å². The number of ether oxygens (including phenoxy) is 2. The number of anilines is 2. The lowest BCUT2D eigenvalue weighted by Gasteiger charge is -2.17. The second kappa shape index (κ2) is 11.0. The molecule has 3 aromatic carbocycles. The van der Waals surface area contributed by atoms with Crippen molar-refractivity contribution in [2.75, 3.05) is 31.0 Å². The summed E-state index contributed by atoms with van der Waals surface area (Å²) in [5, 5.41) is 0.674. The van der Waals surface area contributed by atoms with E-state index in [1.807, 2.05) is 85.7 Å². The number of carbonyl (C=O) groups is 1. The molecule has 4 rings (SSSR count). The molecular formula is C26H22BrClN2O3S2. The van der Waals surface area contributed by atoms with Crippen molar-refractivity contribution in [3.8, 4) is 11.5 Å². The van der Waals surface area contributed by atoms with Gasteiger partial charge in [-0.15, -0.1) is 0 Å². The molecule has 0 atom stereocenters. The van der Waals surface area contributed by atoms with Crippen LogP contribution in [0.4, 0.5) is 11.4 Å². The van der Waals surface area contributed by atoms with Gasteiger partial charge in [-0.25, -0.2) is 0 Å². The summed E-state index contributed by atoms with van der Waals surface area (Å²) in [6.45, 7) is 0.358. The first kappa shape index (κ1) is 25.6. The quantitative estimate of drug-likeness (QED) is 0.215. The Balaban J connectivity index is 1.55. The Kier molecular flexibility index (Phi) is 8.06. The molecule has 0 radical (unpaired) electrons. The van der Waals surface area contributed by atoms with Gasteiger partial charge in [-0.1, -0.05) is 47.7 Å². The van der Waals surface area contributed by atoms with Crippen LogP contribution in [0.1, 0.15) is 11.1 Å². The summed E-state index contributed by atoms with van der Waals surface area (Å²) < 4.78 is 12.8. The molecule has 0 unspecified atom stereocenters. The molecular weight excluding hydrogens is 568 g/mol. The molecule has 1 aliphatic rings. The molecule has 0 saturated carbocycles. The van der Waals surface area contributed by atoms with Gasteiger partial charge in [-0.05, 0) is 81.7 Å². The third-order valence-corrected chi connectivity index (χ3v) is 7.41. The number of hydrogen-bond acceptors (Lipinski definition) is 6. The molecule has 35 heavy (non-hydrogen) atoms. The molecule has 3 aromatic rings. The van der Waals surface area contributed by atoms with Crippen LogP contribution < -0.4 is 19.3 Å². The van der Waals surface area contributed by atoms with Gasteiger partial charge in [0.1, 0.15) is 6.61 Å². The van der Waals surface area contributed by atoms with Crippen LogP contribution in [0.25, 0.3) is 6.08 Å². The number of nitrogens with zero attached hydrogens (tertiary/aromatic N) is 2. The maximum Gasteiger partial charge on any atom is 0.270 e. The molecule has 1 aliphatic heterocycles. The van der Waals surface area contributed by atoms with Crippen molar-refractivity contribution >= 4 is 79.2 Å². The minimum Gasteiger partial charge on any atom is -0.493 e. The van der Waals surface area contributed by atoms with Crippen LogP contribution in [0.3, 0.4) is 0 Å². The van der Waals surface area contributed by atoms with E-state index in [1.165, 1.54) is 11.8 Å². The second-order valence-corrected chi connectivity index (χ2v) is 10.8. The van der Waals surface area contributed by atoms with Gasteiger partial charge in [-0.2, -0.15) is 0 Å². The number of amides is 1. The predicted molar refractivity (Wildman–Crippen MR) is 153 cm³/mol. The largest absolute Gasteiger partial charge is 0.493 e. The molecule has 0 spiro atoms. The van der Waals surface area contributed by atoms with Gasteiger partial charge in [0.15, 0.2) is 15.8 Å². The Hall–Kier alpha value is -2.52. The minimum atomic E-state index is -0.157. The average molecular weight is 590 g/mol. The molecule has 1 heterocycles. The van der Waals surface area contributed by atoms with Crippen molar-refractivity contribution in [2.24, 2.45) is 0 Å². The maximum absolute atomic E-state index is 13.2. The zero-order valence-electron chi connectivity index (χ0n) is 19.2. The number of methoxy groups -OCH3 is 1. The highest BCUT2D eigenvalue weighted by atomic mass is 79.9. The number of rotatable bonds is 7. The Labute approximate surface area is 227 Å². The van der Waals surface area contributed by atoms with E-state index in [4.69, 9.17) is 33.3 Å². The van der Waals surface area contributed by atoms with Gasteiger partial charge < -0.3 is 14.4 Å². The molecule has 0 bridgehead atoms. The SMILES string of the molecule is COc1cc(/C=C2/SC(=S)N(c3ccc(N(C)C)cc3)C2=O)cc(Br)c1OCc1ccc(Cl)cc1. The molecule has 180 valence electrons. The van der Waals surface area contributed by atoms with Crippen molar-refractivity contribution in [1.29, 1.82) is 0 Å². The molecule has 1 fully saturated rings. The van der Waals surface area contributed by atoms with Crippen LogP contribution in [-0.4, -0.2) is 31.4 Å². The van der Waals surface area contributed by atoms with E-state index in [0.29, 0.717) is 36.8 Å². The Morgan fingerprint density at radius 3 is 2.43 bits per heavy atom. The number of thiocarbonyl (C=S) groups is 1. The zero-order chi connectivity index (χ0) is 25.1. The number of thioether (sulfide) groups is 1. The van der Waals surface area contributed by atoms with Crippen molar-refractivity contribution in [2.45, 2.75) is 6.61 Å². The van der Waals surface area contributed by atoms with Gasteiger partial charge in [0, 0.05) is 24.8 Å². The van der Waals surface area contributed by atoms with E-state index in [0.717, 1.165) is 22.5 Å². The smallest absolute Gasteiger partial charge is 0.270 e. The Morgan fingerprint density at radius 2 is 1.80 bits per heavy atom. The molecule has 1 amide bonds. The highest BCUT2D eigenvalue weighted by molar-refractivity contribution is 9.10. The van der Waals surface area contributed by atoms with Crippen LogP contribution in [0.5, 0.6) is 11.5 Å². The van der Waals surface area contributed by atoms with E-state index in [-0.39, 0.29) is 5.91 Å². The number of carbonyl (C=O) groups excluding carboxylic acids is 1. The fourth-order valence-electron chi connectivity index (χ4n) is 3.44. The lowest BCUT2D eigenvalue weighted by Crippen LogP contribution is -2.27. The van der Waals surface area contributed by atoms with Gasteiger partial charge >= 0.3 is 0 Å². The first-order chi connectivity index (χ1) is 16.8. The molecule has 1 saturated heterocycles. The zero-order valence-corrected chi connectivity index (χ0v) is 23.2. The van der Waals surface area contributed by atoms with E-state index in [9.17, 15) is 4.79 Å². The summed E-state index contributed by atoms with van der Waals surface area (Å²) in [4.78, 5) is 17.3. The second-order valence-electron chi connectivity index (χ2n) is 7.88. The molecule has 0 aromatic heterocycles. The summed E-state index contributed by atoms with van der Waals surface area (Å²) >= 11 is 16.3. The first-order valence-corrected chi connectivity index (χ1v) is 13.0. The lowest BCUT2D eigenvalue weighted by molar-refractivity contribution is -0.113. The van der Waals surface area contributed by atoms with E-state index in [2.05, 4.69) is 15.9 Å². The van der Waals surface area contributed by atoms with E-state index < -0.39 is 0 Å². The van der Waals surface area contributed by atoms with Crippen LogP contribution in [0, 0.1) is 0 Å². The number of benzene rings is 3. The fraction of sp³-hybridized carbons (Fsp3) is 0.154. The van der Waals surface area contributed by atoms with E-state index >= 15 is 0 Å². The van der Waals surface area contributed by atoms with Crippen molar-refractivity contribution in [3.05, 3.63) is 86.2 Å². The standard InChI is InChI=1S/C26H22BrClN2O3S2/c1-29(2)19-8-10-20(11-9-19)30-25(31)23(35-26(30)34)14-17-12-21(27)24(22(13-17)32-3)33-15-16-4-6-18(28)7-5-16/h4-14H,15H2,1-3H3/b23-14+. The van der Waals surface area contributed by atoms with Gasteiger partial charge in [0.2, 0.25) is 0 Å². The molecule has 9 heteroatoms. The van der Waals surface area contributed by atoms with Crippen molar-refractivity contribution < 1.29 is 14.3 Å². The summed E-state index contributed by atoms with van der Waals surface area (Å²) in [6.07, 6.45) is 1.81. The van der Waals surface area contributed by atoms with E-state index in [1.54, 1.807) is 12.0 Å². The molecule has 0 N–H and O–H groups in total. The summed E-state index contributed by atoms with van der Waals surface area (Å²) in [5.41, 5.74) is 3.56. The fourth-order valence-corrected chi connectivity index (χ4v) is 5.44.